The molecule has 0 bridgehead atoms. The van der Waals surface area contributed by atoms with Gasteiger partial charge in [0, 0.05) is 21.8 Å². The average molecular weight is 235 g/mol. The zero-order valence-corrected chi connectivity index (χ0v) is 10.8. The molecule has 1 nitrogen and oxygen atoms in total. The largest absolute Gasteiger partial charge is 0.354 e. The summed E-state index contributed by atoms with van der Waals surface area (Å²) in [6, 6.07) is 13.0. The molecule has 1 N–H and O–H groups in total. The zero-order valence-electron chi connectivity index (χ0n) is 10.8. The maximum absolute atomic E-state index is 3.84. The number of para-hydroxylation sites is 1. The van der Waals surface area contributed by atoms with Crippen molar-refractivity contribution >= 4 is 27.9 Å². The van der Waals surface area contributed by atoms with Crippen LogP contribution in [0.4, 0.5) is 0 Å². The number of H-pyrrole nitrogens is 1. The van der Waals surface area contributed by atoms with Crippen LogP contribution in [0.2, 0.25) is 0 Å². The van der Waals surface area contributed by atoms with Crippen molar-refractivity contribution in [2.45, 2.75) is 19.8 Å². The fourth-order valence-corrected chi connectivity index (χ4v) is 2.57. The minimum atomic E-state index is 0.528. The van der Waals surface area contributed by atoms with Gasteiger partial charge in [-0.1, -0.05) is 50.8 Å². The first-order chi connectivity index (χ1) is 8.70. The number of hydrogen-bond donors (Lipinski definition) is 1. The van der Waals surface area contributed by atoms with E-state index in [0.717, 1.165) is 0 Å². The Kier molecular flexibility index (Phi) is 2.48. The molecule has 0 fully saturated rings. The first kappa shape index (κ1) is 11.1. The number of fused-ring (bicyclic) bond motifs is 3. The predicted molar refractivity (Wildman–Crippen MR) is 80.0 cm³/mol. The normalized spacial score (nSPS) is 11.5. The summed E-state index contributed by atoms with van der Waals surface area (Å²) < 4.78 is 0. The molecule has 3 aromatic rings. The van der Waals surface area contributed by atoms with Crippen molar-refractivity contribution in [3.63, 3.8) is 0 Å². The van der Waals surface area contributed by atoms with E-state index in [0.29, 0.717) is 5.92 Å². The van der Waals surface area contributed by atoms with Crippen molar-refractivity contribution in [1.82, 2.24) is 4.98 Å². The van der Waals surface area contributed by atoms with Gasteiger partial charge in [-0.05, 0) is 29.2 Å². The molecule has 1 heteroatoms. The maximum atomic E-state index is 3.84. The van der Waals surface area contributed by atoms with Gasteiger partial charge in [0.05, 0.1) is 0 Å². The summed E-state index contributed by atoms with van der Waals surface area (Å²) in [6.07, 6.45) is 1.89. The van der Waals surface area contributed by atoms with Crippen LogP contribution in [0.15, 0.2) is 43.0 Å². The molecule has 0 aliphatic heterocycles. The van der Waals surface area contributed by atoms with Gasteiger partial charge in [0.2, 0.25) is 0 Å². The molecule has 90 valence electrons. The van der Waals surface area contributed by atoms with Crippen LogP contribution < -0.4 is 0 Å². The monoisotopic (exact) mass is 235 g/mol. The Morgan fingerprint density at radius 3 is 2.67 bits per heavy atom. The molecule has 1 aromatic heterocycles. The number of hydrogen-bond acceptors (Lipinski definition) is 0. The predicted octanol–water partition coefficient (Wildman–Crippen LogP) is 5.09. The highest BCUT2D eigenvalue weighted by Gasteiger charge is 2.10. The minimum Gasteiger partial charge on any atom is -0.354 e. The van der Waals surface area contributed by atoms with E-state index < -0.39 is 0 Å². The second-order valence-corrected chi connectivity index (χ2v) is 5.06. The quantitative estimate of drug-likeness (QED) is 0.637. The fourth-order valence-electron chi connectivity index (χ4n) is 2.57. The van der Waals surface area contributed by atoms with E-state index in [1.54, 1.807) is 0 Å². The van der Waals surface area contributed by atoms with Gasteiger partial charge in [-0.3, -0.25) is 0 Å². The number of benzene rings is 2. The summed E-state index contributed by atoms with van der Waals surface area (Å²) in [5, 5.41) is 2.59. The Balaban J connectivity index is 2.43. The molecule has 0 spiro atoms. The molecule has 0 amide bonds. The van der Waals surface area contributed by atoms with Crippen molar-refractivity contribution in [1.29, 1.82) is 0 Å². The Bertz CT molecular complexity index is 732. The Hall–Kier alpha value is -2.02. The summed E-state index contributed by atoms with van der Waals surface area (Å²) in [5.41, 5.74) is 5.01. The highest BCUT2D eigenvalue weighted by atomic mass is 14.7. The van der Waals surface area contributed by atoms with Gasteiger partial charge < -0.3 is 4.98 Å². The van der Waals surface area contributed by atoms with Gasteiger partial charge in [0.15, 0.2) is 0 Å². The van der Waals surface area contributed by atoms with Crippen LogP contribution in [0.25, 0.3) is 27.9 Å². The van der Waals surface area contributed by atoms with Crippen LogP contribution in [-0.2, 0) is 0 Å². The van der Waals surface area contributed by atoms with Gasteiger partial charge in [0.25, 0.3) is 0 Å². The molecule has 0 radical (unpaired) electrons. The lowest BCUT2D eigenvalue weighted by Gasteiger charge is -2.06. The summed E-state index contributed by atoms with van der Waals surface area (Å²) >= 11 is 0. The second kappa shape index (κ2) is 4.02. The third-order valence-electron chi connectivity index (χ3n) is 3.55. The van der Waals surface area contributed by atoms with Crippen LogP contribution >= 0.6 is 0 Å². The molecular weight excluding hydrogens is 218 g/mol. The molecule has 2 aromatic carbocycles. The SMILES string of the molecule is C=Cc1ccc2[nH]c3c(C(C)C)cccc3c2c1. The molecular formula is C17H17N. The highest BCUT2D eigenvalue weighted by Crippen LogP contribution is 2.31. The van der Waals surface area contributed by atoms with E-state index in [-0.39, 0.29) is 0 Å². The van der Waals surface area contributed by atoms with Gasteiger partial charge in [-0.25, -0.2) is 0 Å². The van der Waals surface area contributed by atoms with Crippen LogP contribution in [0.5, 0.6) is 0 Å². The first-order valence-electron chi connectivity index (χ1n) is 6.37. The molecule has 0 atom stereocenters. The van der Waals surface area contributed by atoms with Crippen LogP contribution in [0.1, 0.15) is 30.9 Å². The maximum Gasteiger partial charge on any atom is 0.0500 e. The minimum absolute atomic E-state index is 0.528. The van der Waals surface area contributed by atoms with E-state index in [9.17, 15) is 0 Å². The Morgan fingerprint density at radius 1 is 1.11 bits per heavy atom. The number of nitrogens with one attached hydrogen (secondary N) is 1. The van der Waals surface area contributed by atoms with Crippen LogP contribution in [0.3, 0.4) is 0 Å². The average Bonchev–Trinajstić information content (AvgIpc) is 2.75. The lowest BCUT2D eigenvalue weighted by atomic mass is 10.00. The van der Waals surface area contributed by atoms with E-state index in [4.69, 9.17) is 0 Å². The Labute approximate surface area is 107 Å². The van der Waals surface area contributed by atoms with Crippen molar-refractivity contribution in [3.8, 4) is 0 Å². The Morgan fingerprint density at radius 2 is 1.94 bits per heavy atom. The second-order valence-electron chi connectivity index (χ2n) is 5.06. The molecule has 0 aliphatic rings. The van der Waals surface area contributed by atoms with E-state index in [2.05, 4.69) is 61.8 Å². The van der Waals surface area contributed by atoms with E-state index in [1.165, 1.54) is 32.9 Å². The van der Waals surface area contributed by atoms with Crippen LogP contribution in [-0.4, -0.2) is 4.98 Å². The molecule has 3 rings (SSSR count). The van der Waals surface area contributed by atoms with Gasteiger partial charge in [-0.15, -0.1) is 0 Å². The summed E-state index contributed by atoms with van der Waals surface area (Å²) in [7, 11) is 0. The van der Waals surface area contributed by atoms with Gasteiger partial charge in [0.1, 0.15) is 0 Å². The summed E-state index contributed by atoms with van der Waals surface area (Å²) in [4.78, 5) is 3.54. The fraction of sp³-hybridized carbons (Fsp3) is 0.176. The topological polar surface area (TPSA) is 15.8 Å². The van der Waals surface area contributed by atoms with Gasteiger partial charge >= 0.3 is 0 Å². The molecule has 0 saturated heterocycles. The molecule has 0 saturated carbocycles. The number of rotatable bonds is 2. The number of aromatic amines is 1. The van der Waals surface area contributed by atoms with E-state index in [1.807, 2.05) is 6.08 Å². The van der Waals surface area contributed by atoms with Crippen molar-refractivity contribution < 1.29 is 0 Å². The van der Waals surface area contributed by atoms with Crippen molar-refractivity contribution in [3.05, 3.63) is 54.1 Å². The standard InChI is InChI=1S/C17H17N/c1-4-12-8-9-16-15(10-12)14-7-5-6-13(11(2)3)17(14)18-16/h4-11,18H,1H2,2-3H3. The lowest BCUT2D eigenvalue weighted by Crippen LogP contribution is -1.87. The molecule has 0 aliphatic carbocycles. The zero-order chi connectivity index (χ0) is 12.7. The number of aromatic nitrogens is 1. The molecule has 1 heterocycles. The summed E-state index contributed by atoms with van der Waals surface area (Å²) in [6.45, 7) is 8.30. The highest BCUT2D eigenvalue weighted by molar-refractivity contribution is 6.08. The smallest absolute Gasteiger partial charge is 0.0500 e. The molecule has 18 heavy (non-hydrogen) atoms. The third kappa shape index (κ3) is 1.55. The van der Waals surface area contributed by atoms with Gasteiger partial charge in [-0.2, -0.15) is 0 Å². The van der Waals surface area contributed by atoms with Crippen molar-refractivity contribution in [2.24, 2.45) is 0 Å². The lowest BCUT2D eigenvalue weighted by molar-refractivity contribution is 0.874. The van der Waals surface area contributed by atoms with Crippen LogP contribution in [0, 0.1) is 0 Å². The first-order valence-corrected chi connectivity index (χ1v) is 6.37. The van der Waals surface area contributed by atoms with Crippen molar-refractivity contribution in [2.75, 3.05) is 0 Å². The molecule has 0 unspecified atom stereocenters. The third-order valence-corrected chi connectivity index (χ3v) is 3.55. The van der Waals surface area contributed by atoms with E-state index >= 15 is 0 Å². The summed E-state index contributed by atoms with van der Waals surface area (Å²) in [5.74, 6) is 0.528.